The minimum Gasteiger partial charge on any atom is -0.348 e. The van der Waals surface area contributed by atoms with Crippen LogP contribution in [0.5, 0.6) is 0 Å². The highest BCUT2D eigenvalue weighted by Crippen LogP contribution is 2.30. The number of amides is 1. The summed E-state index contributed by atoms with van der Waals surface area (Å²) >= 11 is 1.47. The average Bonchev–Trinajstić information content (AvgIpc) is 3.03. The van der Waals surface area contributed by atoms with Gasteiger partial charge in [-0.3, -0.25) is 4.79 Å². The molecule has 1 heterocycles. The van der Waals surface area contributed by atoms with Crippen molar-refractivity contribution in [2.75, 3.05) is 0 Å². The summed E-state index contributed by atoms with van der Waals surface area (Å²) in [5.41, 5.74) is 5.77. The lowest BCUT2D eigenvalue weighted by Gasteiger charge is -2.27. The van der Waals surface area contributed by atoms with E-state index < -0.39 is 0 Å². The van der Waals surface area contributed by atoms with E-state index >= 15 is 0 Å². The number of fused-ring (bicyclic) bond motifs is 2. The molecule has 0 unspecified atom stereocenters. The molecule has 5 heteroatoms. The van der Waals surface area contributed by atoms with Gasteiger partial charge in [-0.15, -0.1) is 0 Å². The summed E-state index contributed by atoms with van der Waals surface area (Å²) in [6.07, 6.45) is 3.22. The van der Waals surface area contributed by atoms with Gasteiger partial charge in [0, 0.05) is 0 Å². The highest BCUT2D eigenvalue weighted by atomic mass is 32.2. The van der Waals surface area contributed by atoms with Crippen LogP contribution in [0.2, 0.25) is 0 Å². The van der Waals surface area contributed by atoms with Crippen molar-refractivity contribution in [1.82, 2.24) is 15.3 Å². The maximum atomic E-state index is 12.7. The van der Waals surface area contributed by atoms with Gasteiger partial charge < -0.3 is 10.3 Å². The summed E-state index contributed by atoms with van der Waals surface area (Å²) in [4.78, 5) is 20.6. The molecule has 1 amide bonds. The van der Waals surface area contributed by atoms with Gasteiger partial charge in [-0.1, -0.05) is 42.1 Å². The predicted octanol–water partition coefficient (Wildman–Crippen LogP) is 4.55. The fourth-order valence-electron chi connectivity index (χ4n) is 3.57. The second-order valence-electron chi connectivity index (χ2n) is 6.97. The zero-order valence-electron chi connectivity index (χ0n) is 15.1. The fourth-order valence-corrected chi connectivity index (χ4v) is 4.40. The highest BCUT2D eigenvalue weighted by molar-refractivity contribution is 8.00. The topological polar surface area (TPSA) is 57.8 Å². The number of hydrogen-bond acceptors (Lipinski definition) is 3. The summed E-state index contributed by atoms with van der Waals surface area (Å²) in [5, 5.41) is 3.82. The fraction of sp³-hybridized carbons (Fsp3) is 0.333. The number of hydrogen-bond donors (Lipinski definition) is 2. The first-order valence-electron chi connectivity index (χ1n) is 9.11. The van der Waals surface area contributed by atoms with Crippen molar-refractivity contribution in [3.8, 4) is 0 Å². The van der Waals surface area contributed by atoms with Crippen molar-refractivity contribution >= 4 is 28.7 Å². The molecule has 3 aromatic rings. The molecule has 1 aromatic heterocycles. The number of thioether (sulfide) groups is 1. The molecule has 0 spiro atoms. The molecule has 2 N–H and O–H groups in total. The third-order valence-corrected chi connectivity index (χ3v) is 5.94. The average molecular weight is 366 g/mol. The SMILES string of the molecule is Cc1ccc2nc(S[C@@H](C)C(=O)N[C@H]3CCCc4ccccc43)[nH]c2c1. The maximum absolute atomic E-state index is 12.7. The summed E-state index contributed by atoms with van der Waals surface area (Å²) in [6, 6.07) is 14.7. The number of imidazole rings is 1. The minimum absolute atomic E-state index is 0.0633. The van der Waals surface area contributed by atoms with E-state index in [4.69, 9.17) is 0 Å². The molecular formula is C21H23N3OS. The Labute approximate surface area is 157 Å². The number of H-pyrrole nitrogens is 1. The third kappa shape index (κ3) is 3.49. The van der Waals surface area contributed by atoms with Crippen LogP contribution in [0.25, 0.3) is 11.0 Å². The molecule has 26 heavy (non-hydrogen) atoms. The van der Waals surface area contributed by atoms with Gasteiger partial charge in [0.2, 0.25) is 5.91 Å². The Hall–Kier alpha value is -2.27. The number of nitrogens with one attached hydrogen (secondary N) is 2. The van der Waals surface area contributed by atoms with E-state index in [9.17, 15) is 4.79 Å². The quantitative estimate of drug-likeness (QED) is 0.667. The van der Waals surface area contributed by atoms with Crippen LogP contribution in [0, 0.1) is 6.92 Å². The number of carbonyl (C=O) groups is 1. The smallest absolute Gasteiger partial charge is 0.233 e. The van der Waals surface area contributed by atoms with Gasteiger partial charge in [0.05, 0.1) is 22.3 Å². The van der Waals surface area contributed by atoms with Crippen molar-refractivity contribution in [2.45, 2.75) is 49.6 Å². The molecule has 4 rings (SSSR count). The van der Waals surface area contributed by atoms with E-state index in [1.807, 2.05) is 19.1 Å². The monoisotopic (exact) mass is 365 g/mol. The second kappa shape index (κ2) is 7.16. The van der Waals surface area contributed by atoms with Gasteiger partial charge >= 0.3 is 0 Å². The first-order chi connectivity index (χ1) is 12.6. The molecule has 0 saturated carbocycles. The van der Waals surface area contributed by atoms with Gasteiger partial charge in [-0.25, -0.2) is 4.98 Å². The first-order valence-corrected chi connectivity index (χ1v) is 9.99. The Morgan fingerprint density at radius 2 is 2.15 bits per heavy atom. The van der Waals surface area contributed by atoms with Crippen LogP contribution in [-0.4, -0.2) is 21.1 Å². The zero-order valence-corrected chi connectivity index (χ0v) is 15.9. The van der Waals surface area contributed by atoms with E-state index in [1.54, 1.807) is 0 Å². The molecule has 2 atom stereocenters. The number of aryl methyl sites for hydroxylation is 2. The Morgan fingerprint density at radius 3 is 3.04 bits per heavy atom. The lowest BCUT2D eigenvalue weighted by atomic mass is 9.88. The number of rotatable bonds is 4. The number of nitrogens with zero attached hydrogens (tertiary/aromatic N) is 1. The van der Waals surface area contributed by atoms with Crippen LogP contribution < -0.4 is 5.32 Å². The Morgan fingerprint density at radius 1 is 1.31 bits per heavy atom. The van der Waals surface area contributed by atoms with E-state index in [2.05, 4.69) is 52.5 Å². The van der Waals surface area contributed by atoms with Crippen LogP contribution >= 0.6 is 11.8 Å². The van der Waals surface area contributed by atoms with Crippen LogP contribution in [-0.2, 0) is 11.2 Å². The zero-order chi connectivity index (χ0) is 18.1. The molecule has 0 bridgehead atoms. The highest BCUT2D eigenvalue weighted by Gasteiger charge is 2.24. The van der Waals surface area contributed by atoms with Crippen LogP contribution in [0.4, 0.5) is 0 Å². The minimum atomic E-state index is -0.203. The summed E-state index contributed by atoms with van der Waals surface area (Å²) in [6.45, 7) is 4.00. The molecule has 1 aliphatic rings. The third-order valence-electron chi connectivity index (χ3n) is 4.96. The maximum Gasteiger partial charge on any atom is 0.233 e. The lowest BCUT2D eigenvalue weighted by Crippen LogP contribution is -2.35. The van der Waals surface area contributed by atoms with Gasteiger partial charge in [-0.2, -0.15) is 0 Å². The Balaban J connectivity index is 1.45. The summed E-state index contributed by atoms with van der Waals surface area (Å²) in [7, 11) is 0. The second-order valence-corrected chi connectivity index (χ2v) is 8.30. The van der Waals surface area contributed by atoms with Crippen LogP contribution in [0.1, 0.15) is 42.5 Å². The summed E-state index contributed by atoms with van der Waals surface area (Å²) in [5.74, 6) is 0.0633. The molecular weight excluding hydrogens is 342 g/mol. The van der Waals surface area contributed by atoms with Crippen molar-refractivity contribution in [2.24, 2.45) is 0 Å². The van der Waals surface area contributed by atoms with Crippen LogP contribution in [0.15, 0.2) is 47.6 Å². The predicted molar refractivity (Wildman–Crippen MR) is 106 cm³/mol. The van der Waals surface area contributed by atoms with Gasteiger partial charge in [0.15, 0.2) is 5.16 Å². The Bertz CT molecular complexity index is 949. The van der Waals surface area contributed by atoms with Crippen molar-refractivity contribution in [1.29, 1.82) is 0 Å². The largest absolute Gasteiger partial charge is 0.348 e. The molecule has 2 aromatic carbocycles. The number of benzene rings is 2. The standard InChI is InChI=1S/C21H23N3OS/c1-13-10-11-18-19(12-13)24-21(23-18)26-14(2)20(25)22-17-9-5-7-15-6-3-4-8-16(15)17/h3-4,6,8,10-12,14,17H,5,7,9H2,1-2H3,(H,22,25)(H,23,24)/t14-,17-/m0/s1. The van der Waals surface area contributed by atoms with Crippen LogP contribution in [0.3, 0.4) is 0 Å². The van der Waals surface area contributed by atoms with Gasteiger partial charge in [-0.05, 0) is 61.9 Å². The molecule has 134 valence electrons. The molecule has 0 aliphatic heterocycles. The van der Waals surface area contributed by atoms with Gasteiger partial charge in [0.1, 0.15) is 0 Å². The van der Waals surface area contributed by atoms with E-state index in [-0.39, 0.29) is 17.2 Å². The molecule has 1 aliphatic carbocycles. The van der Waals surface area contributed by atoms with Crippen molar-refractivity contribution < 1.29 is 4.79 Å². The normalized spacial score (nSPS) is 17.7. The van der Waals surface area contributed by atoms with Crippen molar-refractivity contribution in [3.63, 3.8) is 0 Å². The molecule has 0 radical (unpaired) electrons. The lowest BCUT2D eigenvalue weighted by molar-refractivity contribution is -0.121. The summed E-state index contributed by atoms with van der Waals surface area (Å²) < 4.78 is 0. The molecule has 0 saturated heterocycles. The molecule has 4 nitrogen and oxygen atoms in total. The number of aromatic nitrogens is 2. The van der Waals surface area contributed by atoms with E-state index in [0.717, 1.165) is 35.5 Å². The van der Waals surface area contributed by atoms with E-state index in [0.29, 0.717) is 0 Å². The molecule has 0 fully saturated rings. The number of carbonyl (C=O) groups excluding carboxylic acids is 1. The van der Waals surface area contributed by atoms with Crippen molar-refractivity contribution in [3.05, 3.63) is 59.2 Å². The van der Waals surface area contributed by atoms with E-state index in [1.165, 1.54) is 28.5 Å². The first kappa shape index (κ1) is 17.2. The Kier molecular flexibility index (Phi) is 4.72. The number of aromatic amines is 1. The van der Waals surface area contributed by atoms with Gasteiger partial charge in [0.25, 0.3) is 0 Å².